The van der Waals surface area contributed by atoms with Crippen molar-refractivity contribution in [2.45, 2.75) is 38.3 Å². The summed E-state index contributed by atoms with van der Waals surface area (Å²) in [7, 11) is -3.28. The highest BCUT2D eigenvalue weighted by atomic mass is 32.2. The number of hydrogen-bond acceptors (Lipinski definition) is 5. The van der Waals surface area contributed by atoms with Crippen LogP contribution in [-0.2, 0) is 19.6 Å². The maximum Gasteiger partial charge on any atom is 0.245 e. The first-order valence-electron chi connectivity index (χ1n) is 7.98. The van der Waals surface area contributed by atoms with Crippen molar-refractivity contribution in [1.29, 1.82) is 0 Å². The van der Waals surface area contributed by atoms with Gasteiger partial charge in [0.15, 0.2) is 0 Å². The number of amides is 2. The monoisotopic (exact) mass is 346 g/mol. The van der Waals surface area contributed by atoms with E-state index >= 15 is 0 Å². The van der Waals surface area contributed by atoms with Gasteiger partial charge in [-0.1, -0.05) is 0 Å². The van der Waals surface area contributed by atoms with Crippen LogP contribution in [0.1, 0.15) is 26.2 Å². The Morgan fingerprint density at radius 2 is 2.09 bits per heavy atom. The fourth-order valence-corrected chi connectivity index (χ4v) is 3.24. The van der Waals surface area contributed by atoms with E-state index in [0.29, 0.717) is 32.0 Å². The Kier molecular flexibility index (Phi) is 5.64. The molecule has 1 aliphatic heterocycles. The molecule has 0 unspecified atom stereocenters. The molecule has 0 aromatic rings. The summed E-state index contributed by atoms with van der Waals surface area (Å²) < 4.78 is 24.7. The lowest BCUT2D eigenvalue weighted by Gasteiger charge is -2.30. The van der Waals surface area contributed by atoms with Gasteiger partial charge >= 0.3 is 0 Å². The number of sulfonamides is 1. The minimum Gasteiger partial charge on any atom is -0.339 e. The van der Waals surface area contributed by atoms with E-state index in [4.69, 9.17) is 5.73 Å². The van der Waals surface area contributed by atoms with Gasteiger partial charge in [-0.25, -0.2) is 13.1 Å². The quantitative estimate of drug-likeness (QED) is 0.568. The summed E-state index contributed by atoms with van der Waals surface area (Å²) in [6, 6.07) is -1.08. The highest BCUT2D eigenvalue weighted by Crippen LogP contribution is 2.30. The summed E-state index contributed by atoms with van der Waals surface area (Å²) in [6.07, 6.45) is 3.83. The zero-order chi connectivity index (χ0) is 17.2. The maximum absolute atomic E-state index is 12.7. The minimum atomic E-state index is -3.28. The van der Waals surface area contributed by atoms with Crippen molar-refractivity contribution in [3.8, 4) is 0 Å². The van der Waals surface area contributed by atoms with Gasteiger partial charge in [0.05, 0.1) is 12.3 Å². The molecule has 0 bridgehead atoms. The van der Waals surface area contributed by atoms with Crippen LogP contribution in [-0.4, -0.2) is 74.6 Å². The molecule has 0 aromatic heterocycles. The number of nitrogens with one attached hydrogen (secondary N) is 1. The van der Waals surface area contributed by atoms with Crippen LogP contribution in [0.3, 0.4) is 0 Å². The van der Waals surface area contributed by atoms with Crippen molar-refractivity contribution in [1.82, 2.24) is 14.5 Å². The molecule has 2 aliphatic rings. The van der Waals surface area contributed by atoms with Crippen LogP contribution >= 0.6 is 0 Å². The standard InChI is InChI=1S/C14H26N4O4S/c1-10(18-7-5-12(15)14(18)20)13(19)17(9-11-3-4-11)8-6-16-23(2,21)22/h10-12,16H,3-9,15H2,1-2H3/t10-,12-/m0/s1. The van der Waals surface area contributed by atoms with Crippen LogP contribution in [0.4, 0.5) is 0 Å². The van der Waals surface area contributed by atoms with Crippen molar-refractivity contribution >= 4 is 21.8 Å². The smallest absolute Gasteiger partial charge is 0.245 e. The van der Waals surface area contributed by atoms with Crippen LogP contribution in [0.15, 0.2) is 0 Å². The second-order valence-electron chi connectivity index (χ2n) is 6.50. The molecular weight excluding hydrogens is 320 g/mol. The van der Waals surface area contributed by atoms with Crippen LogP contribution in [0.5, 0.6) is 0 Å². The van der Waals surface area contributed by atoms with Gasteiger partial charge in [-0.05, 0) is 32.1 Å². The van der Waals surface area contributed by atoms with E-state index in [1.54, 1.807) is 11.8 Å². The third-order valence-corrected chi connectivity index (χ3v) is 5.07. The van der Waals surface area contributed by atoms with E-state index in [9.17, 15) is 18.0 Å². The number of hydrogen-bond donors (Lipinski definition) is 2. The molecule has 0 radical (unpaired) electrons. The van der Waals surface area contributed by atoms with Gasteiger partial charge in [0.2, 0.25) is 21.8 Å². The fraction of sp³-hybridized carbons (Fsp3) is 0.857. The van der Waals surface area contributed by atoms with E-state index in [-0.39, 0.29) is 18.4 Å². The Hall–Kier alpha value is -1.19. The van der Waals surface area contributed by atoms with E-state index in [0.717, 1.165) is 19.1 Å². The highest BCUT2D eigenvalue weighted by Gasteiger charge is 2.37. The molecule has 8 nitrogen and oxygen atoms in total. The molecule has 0 aromatic carbocycles. The van der Waals surface area contributed by atoms with Gasteiger partial charge in [0.25, 0.3) is 0 Å². The number of nitrogens with two attached hydrogens (primary N) is 1. The number of nitrogens with zero attached hydrogens (tertiary/aromatic N) is 2. The normalized spacial score (nSPS) is 23.2. The zero-order valence-corrected chi connectivity index (χ0v) is 14.5. The molecule has 3 N–H and O–H groups in total. The molecule has 0 spiro atoms. The van der Waals surface area contributed by atoms with Crippen LogP contribution < -0.4 is 10.5 Å². The molecular formula is C14H26N4O4S. The molecule has 2 fully saturated rings. The SMILES string of the molecule is C[C@@H](C(=O)N(CCNS(C)(=O)=O)CC1CC1)N1CC[C@H](N)C1=O. The summed E-state index contributed by atoms with van der Waals surface area (Å²) in [4.78, 5) is 27.9. The Balaban J connectivity index is 1.96. The summed E-state index contributed by atoms with van der Waals surface area (Å²) >= 11 is 0. The average Bonchev–Trinajstić information content (AvgIpc) is 3.21. The summed E-state index contributed by atoms with van der Waals surface area (Å²) in [5.41, 5.74) is 5.71. The predicted molar refractivity (Wildman–Crippen MR) is 85.9 cm³/mol. The van der Waals surface area contributed by atoms with Crippen molar-refractivity contribution in [3.63, 3.8) is 0 Å². The molecule has 1 aliphatic carbocycles. The molecule has 9 heteroatoms. The molecule has 2 atom stereocenters. The lowest BCUT2D eigenvalue weighted by atomic mass is 10.2. The molecule has 1 saturated heterocycles. The number of rotatable bonds is 8. The lowest BCUT2D eigenvalue weighted by Crippen LogP contribution is -2.51. The maximum atomic E-state index is 12.7. The first-order chi connectivity index (χ1) is 10.7. The van der Waals surface area contributed by atoms with Crippen molar-refractivity contribution in [2.24, 2.45) is 11.7 Å². The third kappa shape index (κ3) is 5.15. The molecule has 1 saturated carbocycles. The number of carbonyl (C=O) groups is 2. The minimum absolute atomic E-state index is 0.144. The summed E-state index contributed by atoms with van der Waals surface area (Å²) in [5.74, 6) is 0.155. The van der Waals surface area contributed by atoms with Gasteiger partial charge < -0.3 is 15.5 Å². The van der Waals surface area contributed by atoms with Gasteiger partial charge in [-0.15, -0.1) is 0 Å². The van der Waals surface area contributed by atoms with Gasteiger partial charge in [-0.3, -0.25) is 9.59 Å². The van der Waals surface area contributed by atoms with Gasteiger partial charge in [0, 0.05) is 26.2 Å². The summed E-state index contributed by atoms with van der Waals surface area (Å²) in [5, 5.41) is 0. The third-order valence-electron chi connectivity index (χ3n) is 4.34. The van der Waals surface area contributed by atoms with Gasteiger partial charge in [-0.2, -0.15) is 0 Å². The van der Waals surface area contributed by atoms with E-state index in [2.05, 4.69) is 4.72 Å². The van der Waals surface area contributed by atoms with E-state index in [1.807, 2.05) is 0 Å². The summed E-state index contributed by atoms with van der Waals surface area (Å²) in [6.45, 7) is 3.30. The Labute approximate surface area is 137 Å². The van der Waals surface area contributed by atoms with Crippen LogP contribution in [0.25, 0.3) is 0 Å². The fourth-order valence-electron chi connectivity index (χ4n) is 2.78. The zero-order valence-electron chi connectivity index (χ0n) is 13.7. The lowest BCUT2D eigenvalue weighted by molar-refractivity contribution is -0.143. The second kappa shape index (κ2) is 7.14. The average molecular weight is 346 g/mol. The number of likely N-dealkylation sites (tertiary alicyclic amines) is 1. The molecule has 132 valence electrons. The Bertz CT molecular complexity index is 561. The van der Waals surface area contributed by atoms with E-state index < -0.39 is 22.1 Å². The predicted octanol–water partition coefficient (Wildman–Crippen LogP) is -1.28. The molecule has 1 heterocycles. The molecule has 2 amide bonds. The largest absolute Gasteiger partial charge is 0.339 e. The van der Waals surface area contributed by atoms with Crippen molar-refractivity contribution < 1.29 is 18.0 Å². The van der Waals surface area contributed by atoms with Crippen molar-refractivity contribution in [2.75, 3.05) is 32.4 Å². The van der Waals surface area contributed by atoms with Crippen molar-refractivity contribution in [3.05, 3.63) is 0 Å². The van der Waals surface area contributed by atoms with Crippen LogP contribution in [0.2, 0.25) is 0 Å². The van der Waals surface area contributed by atoms with E-state index in [1.165, 1.54) is 4.90 Å². The highest BCUT2D eigenvalue weighted by molar-refractivity contribution is 7.88. The Morgan fingerprint density at radius 1 is 1.43 bits per heavy atom. The topological polar surface area (TPSA) is 113 Å². The van der Waals surface area contributed by atoms with Crippen LogP contribution in [0, 0.1) is 5.92 Å². The first-order valence-corrected chi connectivity index (χ1v) is 9.87. The Morgan fingerprint density at radius 3 is 2.57 bits per heavy atom. The second-order valence-corrected chi connectivity index (χ2v) is 8.33. The number of carbonyl (C=O) groups excluding carboxylic acids is 2. The molecule has 23 heavy (non-hydrogen) atoms. The van der Waals surface area contributed by atoms with Gasteiger partial charge in [0.1, 0.15) is 6.04 Å². The first kappa shape index (κ1) is 18.2. The molecule has 2 rings (SSSR count).